The van der Waals surface area contributed by atoms with Crippen molar-refractivity contribution < 1.29 is 31.9 Å². The number of benzene rings is 2. The first-order valence-corrected chi connectivity index (χ1v) is 13.4. The summed E-state index contributed by atoms with van der Waals surface area (Å²) in [5, 5.41) is 2.51. The highest BCUT2D eigenvalue weighted by Crippen LogP contribution is 2.36. The molecule has 0 bridgehead atoms. The van der Waals surface area contributed by atoms with E-state index in [1.54, 1.807) is 37.7 Å². The van der Waals surface area contributed by atoms with E-state index in [0.29, 0.717) is 0 Å². The highest BCUT2D eigenvalue weighted by molar-refractivity contribution is 7.98. The van der Waals surface area contributed by atoms with Gasteiger partial charge >= 0.3 is 6.18 Å². The first-order valence-electron chi connectivity index (χ1n) is 12.2. The quantitative estimate of drug-likeness (QED) is 0.370. The zero-order valence-electron chi connectivity index (χ0n) is 20.8. The highest BCUT2D eigenvalue weighted by Gasteiger charge is 2.54. The van der Waals surface area contributed by atoms with Gasteiger partial charge in [0, 0.05) is 4.90 Å². The molecule has 2 aromatic carbocycles. The van der Waals surface area contributed by atoms with Gasteiger partial charge in [0.05, 0.1) is 12.6 Å². The molecule has 2 aliphatic rings. The van der Waals surface area contributed by atoms with Gasteiger partial charge in [-0.2, -0.15) is 13.2 Å². The Labute approximate surface area is 217 Å². The molecule has 2 aliphatic heterocycles. The van der Waals surface area contributed by atoms with Crippen molar-refractivity contribution in [3.63, 3.8) is 0 Å². The van der Waals surface area contributed by atoms with Gasteiger partial charge in [-0.25, -0.2) is 4.39 Å². The maximum atomic E-state index is 14.5. The van der Waals surface area contributed by atoms with Gasteiger partial charge in [-0.1, -0.05) is 50.2 Å². The average molecular weight is 539 g/mol. The van der Waals surface area contributed by atoms with Crippen LogP contribution in [0.2, 0.25) is 0 Å². The Hall–Kier alpha value is -2.43. The number of halogens is 4. The monoisotopic (exact) mass is 538 g/mol. The lowest BCUT2D eigenvalue weighted by molar-refractivity contribution is -0.163. The minimum absolute atomic E-state index is 0.0403. The van der Waals surface area contributed by atoms with Crippen molar-refractivity contribution in [3.8, 4) is 11.1 Å². The van der Waals surface area contributed by atoms with Gasteiger partial charge in [0.25, 0.3) is 0 Å². The zero-order chi connectivity index (χ0) is 26.9. The van der Waals surface area contributed by atoms with Crippen LogP contribution in [0, 0.1) is 5.92 Å². The van der Waals surface area contributed by atoms with Gasteiger partial charge in [-0.05, 0) is 47.4 Å². The molecule has 10 heteroatoms. The van der Waals surface area contributed by atoms with Crippen molar-refractivity contribution in [1.82, 2.24) is 10.2 Å². The van der Waals surface area contributed by atoms with Crippen LogP contribution >= 0.6 is 11.8 Å². The molecule has 5 nitrogen and oxygen atoms in total. The highest BCUT2D eigenvalue weighted by atomic mass is 32.2. The minimum Gasteiger partial charge on any atom is -0.365 e. The van der Waals surface area contributed by atoms with E-state index in [4.69, 9.17) is 4.74 Å². The van der Waals surface area contributed by atoms with Crippen molar-refractivity contribution in [2.75, 3.05) is 19.4 Å². The van der Waals surface area contributed by atoms with Gasteiger partial charge in [0.15, 0.2) is 5.78 Å². The smallest absolute Gasteiger partial charge is 0.365 e. The average Bonchev–Trinajstić information content (AvgIpc) is 3.40. The fraction of sp³-hybridized carbons (Fsp3) is 0.481. The Kier molecular flexibility index (Phi) is 8.30. The lowest BCUT2D eigenvalue weighted by Crippen LogP contribution is -2.53. The first-order chi connectivity index (χ1) is 17.5. The van der Waals surface area contributed by atoms with Crippen LogP contribution in [0.4, 0.5) is 17.6 Å². The number of amides is 1. The van der Waals surface area contributed by atoms with Gasteiger partial charge in [-0.3, -0.25) is 14.9 Å². The molecule has 1 N–H and O–H groups in total. The zero-order valence-corrected chi connectivity index (χ0v) is 21.6. The van der Waals surface area contributed by atoms with E-state index in [2.05, 4.69) is 5.32 Å². The molecule has 0 spiro atoms. The van der Waals surface area contributed by atoms with Gasteiger partial charge in [0.1, 0.15) is 31.0 Å². The molecule has 0 aliphatic carbocycles. The molecular weight excluding hydrogens is 508 g/mol. The molecular formula is C27H30F4N2O3S. The number of nitrogens with zero attached hydrogens (tertiary/aromatic N) is 1. The number of ketones is 1. The summed E-state index contributed by atoms with van der Waals surface area (Å²) in [6, 6.07) is 9.28. The number of carbonyl (C=O) groups excluding carboxylic acids is 2. The maximum Gasteiger partial charge on any atom is 0.407 e. The third kappa shape index (κ3) is 6.02. The third-order valence-corrected chi connectivity index (χ3v) is 7.52. The number of rotatable bonds is 8. The summed E-state index contributed by atoms with van der Waals surface area (Å²) in [5.74, 6) is -1.28. The fourth-order valence-electron chi connectivity index (χ4n) is 4.97. The second kappa shape index (κ2) is 11.1. The van der Waals surface area contributed by atoms with Crippen LogP contribution in [0.5, 0.6) is 0 Å². The molecule has 0 radical (unpaired) electrons. The Bertz CT molecular complexity index is 1110. The predicted octanol–water partition coefficient (Wildman–Crippen LogP) is 5.20. The number of ether oxygens (including phenoxy) is 1. The SMILES string of the molecule is CSc1ccc(-c2ccc(C(NC(CC(C)C)C(=O)N3C[C@H](F)C4OCC(=O)C43)C(F)(F)F)cc2)cc1. The molecule has 2 fully saturated rings. The van der Waals surface area contributed by atoms with Crippen LogP contribution < -0.4 is 5.32 Å². The number of nitrogens with one attached hydrogen (secondary N) is 1. The molecule has 37 heavy (non-hydrogen) atoms. The molecule has 4 rings (SSSR count). The lowest BCUT2D eigenvalue weighted by Gasteiger charge is -2.32. The number of likely N-dealkylation sites (tertiary alicyclic amines) is 1. The van der Waals surface area contributed by atoms with Crippen LogP contribution in [0.3, 0.4) is 0 Å². The number of alkyl halides is 4. The van der Waals surface area contributed by atoms with Crippen LogP contribution in [-0.4, -0.2) is 66.5 Å². The van der Waals surface area contributed by atoms with Crippen LogP contribution in [0.15, 0.2) is 53.4 Å². The van der Waals surface area contributed by atoms with Gasteiger partial charge in [0.2, 0.25) is 5.91 Å². The number of Topliss-reactive ketones (excluding diaryl/α,β-unsaturated/α-hetero) is 1. The molecule has 5 atom stereocenters. The summed E-state index contributed by atoms with van der Waals surface area (Å²) in [6.45, 7) is 2.89. The van der Waals surface area contributed by atoms with E-state index < -0.39 is 48.3 Å². The van der Waals surface area contributed by atoms with Crippen molar-refractivity contribution in [2.24, 2.45) is 5.92 Å². The first kappa shape index (κ1) is 27.6. The van der Waals surface area contributed by atoms with E-state index in [0.717, 1.165) is 20.9 Å². The summed E-state index contributed by atoms with van der Waals surface area (Å²) in [6.07, 6.45) is -5.27. The largest absolute Gasteiger partial charge is 0.407 e. The molecule has 2 heterocycles. The standard InChI is InChI=1S/C27H30F4N2O3S/c1-15(2)12-21(26(35)33-13-20(28)24-23(33)22(34)14-36-24)32-25(27(29,30)31)18-6-4-16(5-7-18)17-8-10-19(37-3)11-9-17/h4-11,15,20-21,23-25,32H,12-14H2,1-3H3/t20-,21?,23?,24?,25?/m0/s1. The van der Waals surface area contributed by atoms with E-state index >= 15 is 0 Å². The molecule has 0 aromatic heterocycles. The molecule has 200 valence electrons. The summed E-state index contributed by atoms with van der Waals surface area (Å²) < 4.78 is 62.4. The van der Waals surface area contributed by atoms with Crippen LogP contribution in [-0.2, 0) is 14.3 Å². The Morgan fingerprint density at radius 2 is 1.70 bits per heavy atom. The molecule has 2 aromatic rings. The normalized spacial score (nSPS) is 23.4. The molecule has 4 unspecified atom stereocenters. The summed E-state index contributed by atoms with van der Waals surface area (Å²) >= 11 is 1.60. The lowest BCUT2D eigenvalue weighted by atomic mass is 9.97. The van der Waals surface area contributed by atoms with E-state index in [-0.39, 0.29) is 31.1 Å². The van der Waals surface area contributed by atoms with Crippen molar-refractivity contribution in [3.05, 3.63) is 54.1 Å². The number of hydrogen-bond donors (Lipinski definition) is 1. The molecule has 0 saturated carbocycles. The Balaban J connectivity index is 1.58. The summed E-state index contributed by atoms with van der Waals surface area (Å²) in [7, 11) is 0. The number of fused-ring (bicyclic) bond motifs is 1. The van der Waals surface area contributed by atoms with Crippen molar-refractivity contribution >= 4 is 23.5 Å². The van der Waals surface area contributed by atoms with E-state index in [1.807, 2.05) is 30.5 Å². The van der Waals surface area contributed by atoms with Crippen molar-refractivity contribution in [1.29, 1.82) is 0 Å². The maximum absolute atomic E-state index is 14.5. The second-order valence-corrected chi connectivity index (χ2v) is 10.7. The predicted molar refractivity (Wildman–Crippen MR) is 134 cm³/mol. The van der Waals surface area contributed by atoms with E-state index in [1.165, 1.54) is 12.1 Å². The summed E-state index contributed by atoms with van der Waals surface area (Å²) in [4.78, 5) is 27.8. The Morgan fingerprint density at radius 1 is 1.11 bits per heavy atom. The van der Waals surface area contributed by atoms with Gasteiger partial charge in [-0.15, -0.1) is 11.8 Å². The van der Waals surface area contributed by atoms with E-state index in [9.17, 15) is 27.2 Å². The fourth-order valence-corrected chi connectivity index (χ4v) is 5.38. The van der Waals surface area contributed by atoms with Crippen LogP contribution in [0.1, 0.15) is 31.9 Å². The number of thioether (sulfide) groups is 1. The third-order valence-electron chi connectivity index (χ3n) is 6.77. The minimum atomic E-state index is -4.69. The Morgan fingerprint density at radius 3 is 2.24 bits per heavy atom. The molecule has 2 saturated heterocycles. The summed E-state index contributed by atoms with van der Waals surface area (Å²) in [5.41, 5.74) is 1.60. The molecule has 1 amide bonds. The number of carbonyl (C=O) groups is 2. The van der Waals surface area contributed by atoms with Gasteiger partial charge < -0.3 is 9.64 Å². The topological polar surface area (TPSA) is 58.6 Å². The second-order valence-electron chi connectivity index (χ2n) is 9.87. The van der Waals surface area contributed by atoms with Crippen LogP contribution in [0.25, 0.3) is 11.1 Å². The number of hydrogen-bond acceptors (Lipinski definition) is 5. The van der Waals surface area contributed by atoms with Crippen molar-refractivity contribution in [2.45, 2.75) is 61.7 Å².